The van der Waals surface area contributed by atoms with Crippen LogP contribution in [-0.2, 0) is 6.54 Å². The first kappa shape index (κ1) is 8.96. The molecule has 5 heteroatoms. The first-order valence-corrected chi connectivity index (χ1v) is 4.87. The summed E-state index contributed by atoms with van der Waals surface area (Å²) in [5.41, 5.74) is 0.837. The van der Waals surface area contributed by atoms with E-state index in [-0.39, 0.29) is 0 Å². The molecule has 0 saturated heterocycles. The number of furan rings is 1. The molecule has 3 aromatic heterocycles. The molecule has 0 aliphatic rings. The van der Waals surface area contributed by atoms with Gasteiger partial charge in [0.05, 0.1) is 19.1 Å². The normalized spacial score (nSPS) is 10.8. The van der Waals surface area contributed by atoms with Gasteiger partial charge >= 0.3 is 0 Å². The molecular formula is C11H9N3O2. The zero-order chi connectivity index (χ0) is 10.8. The van der Waals surface area contributed by atoms with Crippen LogP contribution in [0.2, 0.25) is 0 Å². The third-order valence-electron chi connectivity index (χ3n) is 2.23. The van der Waals surface area contributed by atoms with Gasteiger partial charge in [0.25, 0.3) is 0 Å². The molecule has 3 heterocycles. The first-order chi connectivity index (χ1) is 7.92. The van der Waals surface area contributed by atoms with Crippen LogP contribution in [0.5, 0.6) is 0 Å². The van der Waals surface area contributed by atoms with Crippen LogP contribution in [0, 0.1) is 0 Å². The van der Waals surface area contributed by atoms with Crippen molar-refractivity contribution in [1.82, 2.24) is 14.7 Å². The highest BCUT2D eigenvalue weighted by atomic mass is 16.5. The fourth-order valence-electron chi connectivity index (χ4n) is 1.49. The summed E-state index contributed by atoms with van der Waals surface area (Å²) in [5.74, 6) is 1.32. The van der Waals surface area contributed by atoms with Crippen LogP contribution in [0.1, 0.15) is 5.69 Å². The second-order valence-corrected chi connectivity index (χ2v) is 3.39. The Labute approximate surface area is 91.3 Å². The van der Waals surface area contributed by atoms with Crippen molar-refractivity contribution in [1.29, 1.82) is 0 Å². The Hall–Kier alpha value is -2.30. The smallest absolute Gasteiger partial charge is 0.202 e. The Balaban J connectivity index is 1.83. The second kappa shape index (κ2) is 3.69. The molecule has 0 spiro atoms. The maximum atomic E-state index is 5.22. The van der Waals surface area contributed by atoms with E-state index in [1.807, 2.05) is 29.0 Å². The van der Waals surface area contributed by atoms with Gasteiger partial charge in [-0.25, -0.2) is 4.98 Å². The third kappa shape index (κ3) is 1.63. The van der Waals surface area contributed by atoms with Crippen LogP contribution in [-0.4, -0.2) is 14.7 Å². The van der Waals surface area contributed by atoms with Gasteiger partial charge < -0.3 is 13.5 Å². The predicted molar refractivity (Wildman–Crippen MR) is 55.5 cm³/mol. The van der Waals surface area contributed by atoms with Crippen LogP contribution in [0.15, 0.2) is 52.1 Å². The molecule has 0 bridgehead atoms. The van der Waals surface area contributed by atoms with Crippen molar-refractivity contribution < 1.29 is 8.94 Å². The molecule has 0 aromatic carbocycles. The molecule has 0 unspecified atom stereocenters. The molecule has 0 saturated carbocycles. The highest BCUT2D eigenvalue weighted by molar-refractivity contribution is 5.49. The summed E-state index contributed by atoms with van der Waals surface area (Å²) in [4.78, 5) is 3.96. The van der Waals surface area contributed by atoms with E-state index in [9.17, 15) is 0 Å². The van der Waals surface area contributed by atoms with Crippen LogP contribution in [0.3, 0.4) is 0 Å². The van der Waals surface area contributed by atoms with E-state index in [1.165, 1.54) is 0 Å². The van der Waals surface area contributed by atoms with E-state index in [4.69, 9.17) is 8.94 Å². The zero-order valence-electron chi connectivity index (χ0n) is 8.41. The molecule has 0 aliphatic carbocycles. The minimum Gasteiger partial charge on any atom is -0.461 e. The maximum absolute atomic E-state index is 5.22. The number of aromatic nitrogens is 3. The second-order valence-electron chi connectivity index (χ2n) is 3.39. The van der Waals surface area contributed by atoms with Gasteiger partial charge in [-0.15, -0.1) is 0 Å². The molecule has 3 rings (SSSR count). The Kier molecular flexibility index (Phi) is 2.07. The van der Waals surface area contributed by atoms with E-state index in [0.29, 0.717) is 18.1 Å². The number of hydrogen-bond acceptors (Lipinski definition) is 4. The Morgan fingerprint density at radius 2 is 2.31 bits per heavy atom. The van der Waals surface area contributed by atoms with Crippen LogP contribution < -0.4 is 0 Å². The molecule has 0 amide bonds. The quantitative estimate of drug-likeness (QED) is 0.671. The van der Waals surface area contributed by atoms with E-state index < -0.39 is 0 Å². The number of rotatable bonds is 3. The lowest BCUT2D eigenvalue weighted by Gasteiger charge is -1.94. The lowest BCUT2D eigenvalue weighted by atomic mass is 10.3. The molecule has 0 atom stereocenters. The Morgan fingerprint density at radius 1 is 1.31 bits per heavy atom. The van der Waals surface area contributed by atoms with Gasteiger partial charge in [-0.2, -0.15) is 0 Å². The average molecular weight is 215 g/mol. The van der Waals surface area contributed by atoms with Crippen molar-refractivity contribution in [2.75, 3.05) is 0 Å². The third-order valence-corrected chi connectivity index (χ3v) is 2.23. The lowest BCUT2D eigenvalue weighted by Crippen LogP contribution is -1.95. The van der Waals surface area contributed by atoms with Crippen LogP contribution in [0.25, 0.3) is 11.5 Å². The fraction of sp³-hybridized carbons (Fsp3) is 0.0909. The fourth-order valence-corrected chi connectivity index (χ4v) is 1.49. The number of nitrogens with zero attached hydrogens (tertiary/aromatic N) is 3. The molecule has 80 valence electrons. The topological polar surface area (TPSA) is 57.0 Å². The minimum atomic E-state index is 0.639. The molecule has 0 radical (unpaired) electrons. The molecule has 16 heavy (non-hydrogen) atoms. The van der Waals surface area contributed by atoms with E-state index in [1.54, 1.807) is 18.8 Å². The van der Waals surface area contributed by atoms with Gasteiger partial charge in [0, 0.05) is 18.5 Å². The summed E-state index contributed by atoms with van der Waals surface area (Å²) in [5, 5.41) is 3.96. The molecule has 0 N–H and O–H groups in total. The van der Waals surface area contributed by atoms with Crippen LogP contribution in [0.4, 0.5) is 0 Å². The highest BCUT2D eigenvalue weighted by Crippen LogP contribution is 2.20. The van der Waals surface area contributed by atoms with Crippen molar-refractivity contribution in [3.05, 3.63) is 48.9 Å². The summed E-state index contributed by atoms with van der Waals surface area (Å²) in [7, 11) is 0. The van der Waals surface area contributed by atoms with Crippen molar-refractivity contribution in [3.8, 4) is 11.5 Å². The molecule has 3 aromatic rings. The van der Waals surface area contributed by atoms with Crippen molar-refractivity contribution in [2.45, 2.75) is 6.54 Å². The van der Waals surface area contributed by atoms with Gasteiger partial charge in [0.15, 0.2) is 5.76 Å². The first-order valence-electron chi connectivity index (χ1n) is 4.87. The summed E-state index contributed by atoms with van der Waals surface area (Å²) < 4.78 is 12.3. The van der Waals surface area contributed by atoms with Gasteiger partial charge in [-0.05, 0) is 12.1 Å². The molecule has 0 aliphatic heterocycles. The average Bonchev–Trinajstić information content (AvgIpc) is 2.99. The minimum absolute atomic E-state index is 0.639. The summed E-state index contributed by atoms with van der Waals surface area (Å²) in [6, 6.07) is 5.51. The van der Waals surface area contributed by atoms with Crippen molar-refractivity contribution in [2.24, 2.45) is 0 Å². The Morgan fingerprint density at radius 3 is 3.06 bits per heavy atom. The maximum Gasteiger partial charge on any atom is 0.202 e. The number of imidazole rings is 1. The standard InChI is InChI=1S/C11H9N3O2/c1-2-10(15-5-1)11-6-9(13-16-11)7-14-4-3-12-8-14/h1-6,8H,7H2. The molecular weight excluding hydrogens is 206 g/mol. The van der Waals surface area contributed by atoms with E-state index in [2.05, 4.69) is 10.1 Å². The predicted octanol–water partition coefficient (Wildman–Crippen LogP) is 2.18. The lowest BCUT2D eigenvalue weighted by molar-refractivity contribution is 0.409. The largest absolute Gasteiger partial charge is 0.461 e. The summed E-state index contributed by atoms with van der Waals surface area (Å²) in [6.45, 7) is 0.643. The Bertz CT molecular complexity index is 552. The highest BCUT2D eigenvalue weighted by Gasteiger charge is 2.08. The van der Waals surface area contributed by atoms with Gasteiger partial charge in [-0.3, -0.25) is 0 Å². The van der Waals surface area contributed by atoms with Gasteiger partial charge in [0.1, 0.15) is 5.69 Å². The van der Waals surface area contributed by atoms with Crippen molar-refractivity contribution in [3.63, 3.8) is 0 Å². The zero-order valence-corrected chi connectivity index (χ0v) is 8.41. The monoisotopic (exact) mass is 215 g/mol. The summed E-state index contributed by atoms with van der Waals surface area (Å²) >= 11 is 0. The van der Waals surface area contributed by atoms with E-state index in [0.717, 1.165) is 5.69 Å². The SMILES string of the molecule is c1coc(-c2cc(Cn3ccnc3)no2)c1. The van der Waals surface area contributed by atoms with Gasteiger partial charge in [0.2, 0.25) is 5.76 Å². The van der Waals surface area contributed by atoms with Crippen molar-refractivity contribution >= 4 is 0 Å². The van der Waals surface area contributed by atoms with E-state index >= 15 is 0 Å². The molecule has 5 nitrogen and oxygen atoms in total. The van der Waals surface area contributed by atoms with Crippen LogP contribution >= 0.6 is 0 Å². The summed E-state index contributed by atoms with van der Waals surface area (Å²) in [6.07, 6.45) is 6.95. The van der Waals surface area contributed by atoms with Gasteiger partial charge in [-0.1, -0.05) is 5.16 Å². The number of hydrogen-bond donors (Lipinski definition) is 0. The molecule has 0 fully saturated rings.